The van der Waals surface area contributed by atoms with E-state index in [0.29, 0.717) is 5.56 Å². The number of aliphatic hydroxyl groups excluding tert-OH is 3. The number of Topliss-reactive ketones (excluding diaryl/α,β-unsaturated/α-hetero) is 1. The van der Waals surface area contributed by atoms with Crippen LogP contribution < -0.4 is 5.32 Å². The van der Waals surface area contributed by atoms with Gasteiger partial charge in [-0.15, -0.1) is 0 Å². The summed E-state index contributed by atoms with van der Waals surface area (Å²) in [6.07, 6.45) is -10.9. The molecule has 4 aliphatic rings. The van der Waals surface area contributed by atoms with Crippen molar-refractivity contribution in [1.82, 2.24) is 5.32 Å². The number of ketones is 1. The Morgan fingerprint density at radius 2 is 1.55 bits per heavy atom. The van der Waals surface area contributed by atoms with Gasteiger partial charge in [0.05, 0.1) is 48.9 Å². The third kappa shape index (κ3) is 9.51. The fraction of sp³-hybridized carbons (Fsp3) is 0.612. The zero-order chi connectivity index (χ0) is 49.5. The van der Waals surface area contributed by atoms with Crippen molar-refractivity contribution in [3.05, 3.63) is 82.9 Å². The molecule has 0 radical (unpaired) electrons. The SMILES string of the molecule is COCO[C@H]1C(=O)[C@@]2(C)C([C@H](OC(=O)c3ccccc3)[C@]3(O)C[C@H](OC(=O)[C@H](O)[C@@H](NC(=O)OC(C)(C)C)c4ccccc4)C(C)=C1C3(C)C)[C@]1(OC(C)=O)CO[C@@H]1C[C@@H]2OC(C)(CO)CO. The van der Waals surface area contributed by atoms with Crippen molar-refractivity contribution >= 4 is 29.8 Å². The highest BCUT2D eigenvalue weighted by molar-refractivity contribution is 5.94. The Labute approximate surface area is 390 Å². The molecule has 5 N–H and O–H groups in total. The van der Waals surface area contributed by atoms with Crippen LogP contribution in [0.15, 0.2) is 71.8 Å². The van der Waals surface area contributed by atoms with Gasteiger partial charge in [-0.2, -0.15) is 0 Å². The largest absolute Gasteiger partial charge is 0.456 e. The van der Waals surface area contributed by atoms with Gasteiger partial charge >= 0.3 is 24.0 Å². The highest BCUT2D eigenvalue weighted by Gasteiger charge is 2.79. The first-order valence-electron chi connectivity index (χ1n) is 22.3. The molecule has 18 heteroatoms. The minimum atomic E-state index is -2.39. The van der Waals surface area contributed by atoms with E-state index in [2.05, 4.69) is 5.32 Å². The Hall–Kier alpha value is -4.79. The van der Waals surface area contributed by atoms with Crippen LogP contribution in [-0.4, -0.2) is 143 Å². The van der Waals surface area contributed by atoms with Gasteiger partial charge in [0.25, 0.3) is 0 Å². The monoisotopic (exact) mass is 939 g/mol. The van der Waals surface area contributed by atoms with Crippen molar-refractivity contribution in [2.45, 2.75) is 140 Å². The average molecular weight is 940 g/mol. The molecule has 18 nitrogen and oxygen atoms in total. The molecule has 3 aliphatic carbocycles. The first-order valence-corrected chi connectivity index (χ1v) is 22.3. The van der Waals surface area contributed by atoms with Crippen LogP contribution in [0.5, 0.6) is 0 Å². The summed E-state index contributed by atoms with van der Waals surface area (Å²) >= 11 is 0. The molecule has 2 aromatic carbocycles. The lowest BCUT2D eigenvalue weighted by atomic mass is 9.44. The van der Waals surface area contributed by atoms with E-state index in [-0.39, 0.29) is 29.7 Å². The Bertz CT molecular complexity index is 2190. The summed E-state index contributed by atoms with van der Waals surface area (Å²) in [6.45, 7) is 11.7. The number of carbonyl (C=O) groups is 5. The molecule has 2 aromatic rings. The van der Waals surface area contributed by atoms with E-state index in [0.717, 1.165) is 0 Å². The summed E-state index contributed by atoms with van der Waals surface area (Å²) < 4.78 is 48.8. The zero-order valence-electron chi connectivity index (χ0n) is 39.7. The Kier molecular flexibility index (Phi) is 14.9. The second-order valence-corrected chi connectivity index (χ2v) is 20.0. The lowest BCUT2D eigenvalue weighted by Crippen LogP contribution is -2.82. The summed E-state index contributed by atoms with van der Waals surface area (Å²) in [5.41, 5.74) is -9.62. The average Bonchev–Trinajstić information content (AvgIpc) is 3.27. The quantitative estimate of drug-likeness (QED) is 0.0740. The van der Waals surface area contributed by atoms with Gasteiger partial charge < -0.3 is 63.6 Å². The number of hydrogen-bond donors (Lipinski definition) is 5. The summed E-state index contributed by atoms with van der Waals surface area (Å²) in [4.78, 5) is 71.5. The molecule has 1 saturated heterocycles. The predicted molar refractivity (Wildman–Crippen MR) is 236 cm³/mol. The minimum Gasteiger partial charge on any atom is -0.456 e. The lowest BCUT2D eigenvalue weighted by molar-refractivity contribution is -0.355. The molecular weight excluding hydrogens is 875 g/mol. The summed E-state index contributed by atoms with van der Waals surface area (Å²) in [5, 5.41) is 49.4. The third-order valence-corrected chi connectivity index (χ3v) is 14.0. The maximum atomic E-state index is 16.1. The first kappa shape index (κ1) is 51.6. The molecule has 1 unspecified atom stereocenters. The second-order valence-electron chi connectivity index (χ2n) is 20.0. The van der Waals surface area contributed by atoms with E-state index in [1.54, 1.807) is 90.1 Å². The highest BCUT2D eigenvalue weighted by atomic mass is 16.7. The standard InChI is InChI=1S/C49H65NO17/c1-27-31(63-42(57)36(54)35(29-17-13-11-14-18-29)50-43(58)67-44(3,4)5)22-49(59)40(64-41(56)30-19-15-12-16-20-30)38-47(9,39(55)37(62-26-60-10)34(27)45(49,6)7)32(66-46(8,23-51)24-52)21-33-48(38,25-61-33)65-28(2)53/h11-20,31-33,35-38,40,51-52,54,59H,21-26H2,1-10H3,(H,50,58)/t31-,32-,33+,35-,36+,37+,38?,40-,47+,48-,49+/m0/s1. The molecule has 67 heavy (non-hydrogen) atoms. The third-order valence-electron chi connectivity index (χ3n) is 14.0. The highest BCUT2D eigenvalue weighted by Crippen LogP contribution is 2.65. The van der Waals surface area contributed by atoms with E-state index >= 15 is 4.79 Å². The topological polar surface area (TPSA) is 252 Å². The number of amides is 1. The van der Waals surface area contributed by atoms with Crippen LogP contribution in [0.3, 0.4) is 0 Å². The van der Waals surface area contributed by atoms with E-state index in [4.69, 9.17) is 37.9 Å². The zero-order valence-corrected chi connectivity index (χ0v) is 39.7. The minimum absolute atomic E-state index is 0.0679. The number of aliphatic hydroxyl groups is 4. The Balaban J connectivity index is 1.59. The number of esters is 3. The van der Waals surface area contributed by atoms with Crippen LogP contribution >= 0.6 is 0 Å². The molecule has 11 atom stereocenters. The van der Waals surface area contributed by atoms with Crippen LogP contribution in [0.4, 0.5) is 4.79 Å². The van der Waals surface area contributed by atoms with Crippen LogP contribution in [-0.2, 0) is 52.3 Å². The molecule has 2 bridgehead atoms. The number of rotatable bonds is 15. The fourth-order valence-corrected chi connectivity index (χ4v) is 10.4. The van der Waals surface area contributed by atoms with Gasteiger partial charge in [0.2, 0.25) is 0 Å². The van der Waals surface area contributed by atoms with Crippen LogP contribution in [0.1, 0.15) is 97.1 Å². The number of fused-ring (bicyclic) bond motifs is 5. The van der Waals surface area contributed by atoms with Gasteiger partial charge in [-0.1, -0.05) is 62.4 Å². The van der Waals surface area contributed by atoms with Gasteiger partial charge in [0, 0.05) is 32.3 Å². The van der Waals surface area contributed by atoms with Crippen LogP contribution in [0.25, 0.3) is 0 Å². The number of hydrogen-bond acceptors (Lipinski definition) is 17. The summed E-state index contributed by atoms with van der Waals surface area (Å²) in [6, 6.07) is 14.7. The molecule has 6 rings (SSSR count). The van der Waals surface area contributed by atoms with Gasteiger partial charge in [0.1, 0.15) is 48.0 Å². The molecular formula is C49H65NO17. The predicted octanol–water partition coefficient (Wildman–Crippen LogP) is 3.66. The van der Waals surface area contributed by atoms with E-state index < -0.39 is 138 Å². The summed E-state index contributed by atoms with van der Waals surface area (Å²) in [7, 11) is 1.34. The van der Waals surface area contributed by atoms with Gasteiger partial charge in [-0.3, -0.25) is 9.59 Å². The number of methoxy groups -OCH3 is 1. The number of nitrogens with one attached hydrogen (secondary N) is 1. The normalized spacial score (nSPS) is 31.0. The van der Waals surface area contributed by atoms with Crippen molar-refractivity contribution < 1.29 is 82.3 Å². The molecule has 1 heterocycles. The Morgan fingerprint density at radius 1 is 0.940 bits per heavy atom. The number of carbonyl (C=O) groups excluding carboxylic acids is 5. The maximum absolute atomic E-state index is 16.1. The smallest absolute Gasteiger partial charge is 0.408 e. The van der Waals surface area contributed by atoms with Gasteiger partial charge in [-0.25, -0.2) is 14.4 Å². The number of alkyl carbamates (subject to hydrolysis) is 1. The first-order chi connectivity index (χ1) is 31.3. The van der Waals surface area contributed by atoms with Crippen molar-refractivity contribution in [3.8, 4) is 0 Å². The number of benzene rings is 2. The molecule has 1 aliphatic heterocycles. The van der Waals surface area contributed by atoms with Crippen molar-refractivity contribution in [3.63, 3.8) is 0 Å². The number of ether oxygens (including phenoxy) is 8. The Morgan fingerprint density at radius 3 is 2.09 bits per heavy atom. The molecule has 1 amide bonds. The molecule has 2 saturated carbocycles. The summed E-state index contributed by atoms with van der Waals surface area (Å²) in [5.74, 6) is -5.19. The molecule has 3 fully saturated rings. The van der Waals surface area contributed by atoms with Crippen molar-refractivity contribution in [2.24, 2.45) is 16.7 Å². The van der Waals surface area contributed by atoms with Crippen molar-refractivity contribution in [2.75, 3.05) is 33.7 Å². The van der Waals surface area contributed by atoms with E-state index in [1.165, 1.54) is 40.0 Å². The molecule has 368 valence electrons. The maximum Gasteiger partial charge on any atom is 0.408 e. The van der Waals surface area contributed by atoms with Gasteiger partial charge in [0.15, 0.2) is 17.5 Å². The molecule has 0 spiro atoms. The van der Waals surface area contributed by atoms with Crippen LogP contribution in [0, 0.1) is 16.7 Å². The van der Waals surface area contributed by atoms with E-state index in [9.17, 15) is 39.6 Å². The lowest BCUT2D eigenvalue weighted by Gasteiger charge is -2.68. The van der Waals surface area contributed by atoms with Gasteiger partial charge in [-0.05, 0) is 70.4 Å². The molecule has 0 aromatic heterocycles. The van der Waals surface area contributed by atoms with E-state index in [1.807, 2.05) is 0 Å². The second kappa shape index (κ2) is 19.3. The van der Waals surface area contributed by atoms with Crippen molar-refractivity contribution in [1.29, 1.82) is 0 Å². The van der Waals surface area contributed by atoms with Crippen LogP contribution in [0.2, 0.25) is 0 Å². The fourth-order valence-electron chi connectivity index (χ4n) is 10.4.